The molecule has 6 nitrogen and oxygen atoms in total. The maximum absolute atomic E-state index is 12.5. The minimum atomic E-state index is -0.136. The Kier molecular flexibility index (Phi) is 5.58. The Balaban J connectivity index is 1.47. The summed E-state index contributed by atoms with van der Waals surface area (Å²) in [6.45, 7) is 2.21. The summed E-state index contributed by atoms with van der Waals surface area (Å²) in [6.07, 6.45) is 2.13. The fourth-order valence-electron chi connectivity index (χ4n) is 3.57. The first kappa shape index (κ1) is 18.5. The van der Waals surface area contributed by atoms with Crippen LogP contribution in [0.1, 0.15) is 34.3 Å². The molecule has 1 saturated heterocycles. The van der Waals surface area contributed by atoms with Crippen LogP contribution in [-0.2, 0) is 22.6 Å². The van der Waals surface area contributed by atoms with Crippen LogP contribution in [0.25, 0.3) is 0 Å². The number of amides is 2. The van der Waals surface area contributed by atoms with Crippen molar-refractivity contribution in [2.45, 2.75) is 32.0 Å². The molecule has 0 saturated carbocycles. The average molecular weight is 380 g/mol. The molecule has 1 N–H and O–H groups in total. The molecular weight excluding hydrogens is 356 g/mol. The van der Waals surface area contributed by atoms with Crippen LogP contribution in [0.15, 0.2) is 48.5 Å². The lowest BCUT2D eigenvalue weighted by molar-refractivity contribution is -0.133. The first-order chi connectivity index (χ1) is 13.7. The Labute approximate surface area is 164 Å². The minimum Gasteiger partial charge on any atom is -0.483 e. The zero-order chi connectivity index (χ0) is 19.3. The molecule has 28 heavy (non-hydrogen) atoms. The van der Waals surface area contributed by atoms with Crippen molar-refractivity contribution in [1.82, 2.24) is 10.2 Å². The third kappa shape index (κ3) is 4.34. The predicted molar refractivity (Wildman–Crippen MR) is 104 cm³/mol. The van der Waals surface area contributed by atoms with E-state index in [0.29, 0.717) is 30.9 Å². The minimum absolute atomic E-state index is 0.00436. The van der Waals surface area contributed by atoms with Crippen LogP contribution in [0, 0.1) is 0 Å². The van der Waals surface area contributed by atoms with Gasteiger partial charge in [-0.15, -0.1) is 0 Å². The lowest BCUT2D eigenvalue weighted by atomic mass is 10.1. The van der Waals surface area contributed by atoms with Crippen LogP contribution in [0.5, 0.6) is 5.75 Å². The molecule has 1 atom stereocenters. The highest BCUT2D eigenvalue weighted by molar-refractivity contribution is 5.94. The van der Waals surface area contributed by atoms with E-state index in [1.165, 1.54) is 0 Å². The molecule has 6 heteroatoms. The molecule has 0 radical (unpaired) electrons. The molecule has 4 rings (SSSR count). The number of nitrogens with one attached hydrogen (secondary N) is 1. The topological polar surface area (TPSA) is 67.9 Å². The third-order valence-electron chi connectivity index (χ3n) is 5.12. The highest BCUT2D eigenvalue weighted by Gasteiger charge is 2.23. The number of hydrogen-bond donors (Lipinski definition) is 1. The molecule has 2 aromatic carbocycles. The van der Waals surface area contributed by atoms with Crippen molar-refractivity contribution in [2.75, 3.05) is 19.8 Å². The molecule has 0 aliphatic carbocycles. The lowest BCUT2D eigenvalue weighted by Crippen LogP contribution is -2.32. The first-order valence-electron chi connectivity index (χ1n) is 9.66. The Morgan fingerprint density at radius 3 is 2.82 bits per heavy atom. The Bertz CT molecular complexity index is 847. The van der Waals surface area contributed by atoms with Crippen LogP contribution in [0.3, 0.4) is 0 Å². The van der Waals surface area contributed by atoms with E-state index >= 15 is 0 Å². The molecule has 2 aliphatic rings. The van der Waals surface area contributed by atoms with Crippen molar-refractivity contribution in [3.63, 3.8) is 0 Å². The second-order valence-corrected chi connectivity index (χ2v) is 7.19. The van der Waals surface area contributed by atoms with Crippen LogP contribution in [0.4, 0.5) is 0 Å². The van der Waals surface area contributed by atoms with Crippen molar-refractivity contribution >= 4 is 11.8 Å². The highest BCUT2D eigenvalue weighted by atomic mass is 16.5. The molecular formula is C22H24N2O4. The SMILES string of the molecule is O=C(NC[C@@H]1CCCO1)c1ccc2c(c1)CN(Cc1ccccc1)C(=O)CO2. The standard InChI is InChI=1S/C22H24N2O4/c25-21-15-28-20-9-8-17(22(26)23-12-19-7-4-10-27-19)11-18(20)14-24(21)13-16-5-2-1-3-6-16/h1-3,5-6,8-9,11,19H,4,7,10,12-15H2,(H,23,26)/t19-/m0/s1. The van der Waals surface area contributed by atoms with Crippen LogP contribution in [-0.4, -0.2) is 42.6 Å². The monoisotopic (exact) mass is 380 g/mol. The van der Waals surface area contributed by atoms with Gasteiger partial charge in [-0.25, -0.2) is 0 Å². The van der Waals surface area contributed by atoms with E-state index in [-0.39, 0.29) is 24.5 Å². The maximum Gasteiger partial charge on any atom is 0.261 e. The molecule has 0 spiro atoms. The first-order valence-corrected chi connectivity index (χ1v) is 9.66. The molecule has 2 aromatic rings. The third-order valence-corrected chi connectivity index (χ3v) is 5.12. The summed E-state index contributed by atoms with van der Waals surface area (Å²) in [4.78, 5) is 26.7. The van der Waals surface area contributed by atoms with E-state index in [4.69, 9.17) is 9.47 Å². The number of carbonyl (C=O) groups excluding carboxylic acids is 2. The van der Waals surface area contributed by atoms with Gasteiger partial charge in [-0.3, -0.25) is 9.59 Å². The van der Waals surface area contributed by atoms with Crippen LogP contribution < -0.4 is 10.1 Å². The van der Waals surface area contributed by atoms with Gasteiger partial charge in [-0.05, 0) is 36.6 Å². The summed E-state index contributed by atoms with van der Waals surface area (Å²) in [5.41, 5.74) is 2.46. The van der Waals surface area contributed by atoms with Gasteiger partial charge in [0, 0.05) is 37.4 Å². The Morgan fingerprint density at radius 1 is 1.18 bits per heavy atom. The van der Waals surface area contributed by atoms with Gasteiger partial charge in [0.1, 0.15) is 5.75 Å². The molecule has 1 fully saturated rings. The number of hydrogen-bond acceptors (Lipinski definition) is 4. The van der Waals surface area contributed by atoms with Gasteiger partial charge < -0.3 is 19.7 Å². The highest BCUT2D eigenvalue weighted by Crippen LogP contribution is 2.26. The maximum atomic E-state index is 12.5. The number of rotatable bonds is 5. The molecule has 146 valence electrons. The van der Waals surface area contributed by atoms with Crippen molar-refractivity contribution in [3.8, 4) is 5.75 Å². The van der Waals surface area contributed by atoms with Gasteiger partial charge >= 0.3 is 0 Å². The summed E-state index contributed by atoms with van der Waals surface area (Å²) in [5, 5.41) is 2.94. The number of carbonyl (C=O) groups is 2. The summed E-state index contributed by atoms with van der Waals surface area (Å²) < 4.78 is 11.2. The van der Waals surface area contributed by atoms with Gasteiger partial charge in [-0.1, -0.05) is 30.3 Å². The molecule has 2 heterocycles. The number of benzene rings is 2. The van der Waals surface area contributed by atoms with Crippen LogP contribution >= 0.6 is 0 Å². The van der Waals surface area contributed by atoms with Crippen molar-refractivity contribution in [3.05, 3.63) is 65.2 Å². The quantitative estimate of drug-likeness (QED) is 0.866. The van der Waals surface area contributed by atoms with Gasteiger partial charge in [0.2, 0.25) is 0 Å². The summed E-state index contributed by atoms with van der Waals surface area (Å²) >= 11 is 0. The molecule has 0 bridgehead atoms. The van der Waals surface area contributed by atoms with Crippen molar-refractivity contribution < 1.29 is 19.1 Å². The zero-order valence-corrected chi connectivity index (χ0v) is 15.7. The predicted octanol–water partition coefficient (Wildman–Crippen LogP) is 2.52. The fourth-order valence-corrected chi connectivity index (χ4v) is 3.57. The van der Waals surface area contributed by atoms with E-state index < -0.39 is 0 Å². The normalized spacial score (nSPS) is 18.9. The lowest BCUT2D eigenvalue weighted by Gasteiger charge is -2.20. The van der Waals surface area contributed by atoms with Crippen molar-refractivity contribution in [2.24, 2.45) is 0 Å². The Morgan fingerprint density at radius 2 is 2.04 bits per heavy atom. The van der Waals surface area contributed by atoms with E-state index in [1.807, 2.05) is 36.4 Å². The van der Waals surface area contributed by atoms with E-state index in [0.717, 1.165) is 30.6 Å². The van der Waals surface area contributed by atoms with E-state index in [2.05, 4.69) is 5.32 Å². The average Bonchev–Trinajstić information content (AvgIpc) is 3.19. The number of nitrogens with zero attached hydrogens (tertiary/aromatic N) is 1. The van der Waals surface area contributed by atoms with Gasteiger partial charge in [0.05, 0.1) is 6.10 Å². The summed E-state index contributed by atoms with van der Waals surface area (Å²) in [7, 11) is 0. The van der Waals surface area contributed by atoms with Crippen molar-refractivity contribution in [1.29, 1.82) is 0 Å². The summed E-state index contributed by atoms with van der Waals surface area (Å²) in [5.74, 6) is 0.451. The molecule has 2 amide bonds. The largest absolute Gasteiger partial charge is 0.483 e. The van der Waals surface area contributed by atoms with Gasteiger partial charge in [0.25, 0.3) is 11.8 Å². The number of fused-ring (bicyclic) bond motifs is 1. The van der Waals surface area contributed by atoms with E-state index in [1.54, 1.807) is 17.0 Å². The molecule has 0 unspecified atom stereocenters. The number of ether oxygens (including phenoxy) is 2. The fraction of sp³-hybridized carbons (Fsp3) is 0.364. The van der Waals surface area contributed by atoms with Crippen LogP contribution in [0.2, 0.25) is 0 Å². The van der Waals surface area contributed by atoms with E-state index in [9.17, 15) is 9.59 Å². The second kappa shape index (κ2) is 8.44. The second-order valence-electron chi connectivity index (χ2n) is 7.19. The van der Waals surface area contributed by atoms with Gasteiger partial charge in [0.15, 0.2) is 6.61 Å². The summed E-state index contributed by atoms with van der Waals surface area (Å²) in [6, 6.07) is 15.2. The molecule has 2 aliphatic heterocycles. The Hall–Kier alpha value is -2.86. The van der Waals surface area contributed by atoms with Gasteiger partial charge in [-0.2, -0.15) is 0 Å². The smallest absolute Gasteiger partial charge is 0.261 e. The molecule has 0 aromatic heterocycles. The zero-order valence-electron chi connectivity index (χ0n) is 15.7.